The topological polar surface area (TPSA) is 76.1 Å². The molecule has 2 aliphatic heterocycles. The molecular weight excluding hydrogens is 334 g/mol. The summed E-state index contributed by atoms with van der Waals surface area (Å²) in [5, 5.41) is 9.53. The first kappa shape index (κ1) is 16.6. The van der Waals surface area contributed by atoms with Gasteiger partial charge in [-0.3, -0.25) is 9.59 Å². The Hall–Kier alpha value is -2.21. The number of aliphatic carboxylic acids is 1. The number of carboxylic acid groups (broad SMARTS) is 1. The van der Waals surface area contributed by atoms with E-state index in [-0.39, 0.29) is 12.5 Å². The van der Waals surface area contributed by atoms with Gasteiger partial charge in [0.05, 0.1) is 10.9 Å². The van der Waals surface area contributed by atoms with E-state index in [9.17, 15) is 9.59 Å². The van der Waals surface area contributed by atoms with E-state index in [4.69, 9.17) is 26.2 Å². The standard InChI is InChI=1S/C17H18ClNO5/c18-13-8-11(9-14-16(13)24-7-6-23-14)3-4-15(20)19-5-1-2-12(10-19)17(21)22/h3-4,8-9,12H,1-2,5-7,10H2,(H,21,22)/b4-3+. The van der Waals surface area contributed by atoms with Crippen molar-refractivity contribution in [1.29, 1.82) is 0 Å². The molecule has 0 bridgehead atoms. The molecule has 1 amide bonds. The fourth-order valence-corrected chi connectivity index (χ4v) is 3.15. The van der Waals surface area contributed by atoms with Gasteiger partial charge in [-0.1, -0.05) is 11.6 Å². The van der Waals surface area contributed by atoms with Gasteiger partial charge in [-0.15, -0.1) is 0 Å². The highest BCUT2D eigenvalue weighted by atomic mass is 35.5. The fourth-order valence-electron chi connectivity index (χ4n) is 2.88. The summed E-state index contributed by atoms with van der Waals surface area (Å²) in [5.74, 6) is -0.460. The zero-order valence-corrected chi connectivity index (χ0v) is 13.8. The molecule has 0 saturated carbocycles. The molecule has 1 fully saturated rings. The van der Waals surface area contributed by atoms with E-state index in [2.05, 4.69) is 0 Å². The third-order valence-electron chi connectivity index (χ3n) is 4.12. The summed E-state index contributed by atoms with van der Waals surface area (Å²) in [7, 11) is 0. The number of ether oxygens (including phenoxy) is 2. The van der Waals surface area contributed by atoms with E-state index < -0.39 is 11.9 Å². The number of rotatable bonds is 3. The first-order valence-electron chi connectivity index (χ1n) is 7.83. The first-order valence-corrected chi connectivity index (χ1v) is 8.21. The summed E-state index contributed by atoms with van der Waals surface area (Å²) in [4.78, 5) is 24.9. The maximum absolute atomic E-state index is 12.3. The quantitative estimate of drug-likeness (QED) is 0.846. The highest BCUT2D eigenvalue weighted by molar-refractivity contribution is 6.32. The Balaban J connectivity index is 1.70. The fraction of sp³-hybridized carbons (Fsp3) is 0.412. The number of hydrogen-bond acceptors (Lipinski definition) is 4. The molecule has 2 aliphatic rings. The molecular formula is C17H18ClNO5. The summed E-state index contributed by atoms with van der Waals surface area (Å²) in [6.07, 6.45) is 4.40. The van der Waals surface area contributed by atoms with Gasteiger partial charge in [0.15, 0.2) is 11.5 Å². The summed E-state index contributed by atoms with van der Waals surface area (Å²) < 4.78 is 11.0. The number of fused-ring (bicyclic) bond motifs is 1. The number of halogens is 1. The number of nitrogens with zero attached hydrogens (tertiary/aromatic N) is 1. The minimum Gasteiger partial charge on any atom is -0.486 e. The number of piperidine rings is 1. The average molecular weight is 352 g/mol. The third kappa shape index (κ3) is 3.64. The van der Waals surface area contributed by atoms with E-state index in [0.717, 1.165) is 5.56 Å². The molecule has 1 aromatic rings. The number of likely N-dealkylation sites (tertiary alicyclic amines) is 1. The van der Waals surface area contributed by atoms with Crippen molar-refractivity contribution in [3.63, 3.8) is 0 Å². The molecule has 0 spiro atoms. The van der Waals surface area contributed by atoms with Crippen LogP contribution in [-0.4, -0.2) is 48.2 Å². The SMILES string of the molecule is O=C(O)C1CCCN(C(=O)/C=C/c2cc(Cl)c3c(c2)OCCO3)C1. The Bertz CT molecular complexity index is 688. The summed E-state index contributed by atoms with van der Waals surface area (Å²) in [6, 6.07) is 3.47. The maximum Gasteiger partial charge on any atom is 0.308 e. The number of carbonyl (C=O) groups is 2. The number of hydrogen-bond donors (Lipinski definition) is 1. The Labute approximate surface area is 144 Å². The van der Waals surface area contributed by atoms with Crippen LogP contribution in [0.15, 0.2) is 18.2 Å². The van der Waals surface area contributed by atoms with Crippen LogP contribution in [0.25, 0.3) is 6.08 Å². The number of amides is 1. The van der Waals surface area contributed by atoms with Crippen LogP contribution in [0.4, 0.5) is 0 Å². The maximum atomic E-state index is 12.3. The number of benzene rings is 1. The van der Waals surface area contributed by atoms with Crippen molar-refractivity contribution >= 4 is 29.6 Å². The van der Waals surface area contributed by atoms with Crippen LogP contribution < -0.4 is 9.47 Å². The lowest BCUT2D eigenvalue weighted by Gasteiger charge is -2.29. The molecule has 0 radical (unpaired) electrons. The highest BCUT2D eigenvalue weighted by Crippen LogP contribution is 2.38. The Morgan fingerprint density at radius 2 is 2.08 bits per heavy atom. The van der Waals surface area contributed by atoms with Crippen molar-refractivity contribution in [2.45, 2.75) is 12.8 Å². The lowest BCUT2D eigenvalue weighted by atomic mass is 9.98. The van der Waals surface area contributed by atoms with Crippen LogP contribution in [0, 0.1) is 5.92 Å². The molecule has 1 N–H and O–H groups in total. The molecule has 0 aliphatic carbocycles. The van der Waals surface area contributed by atoms with Crippen LogP contribution in [0.2, 0.25) is 5.02 Å². The second-order valence-corrected chi connectivity index (χ2v) is 6.23. The molecule has 1 unspecified atom stereocenters. The molecule has 1 atom stereocenters. The minimum atomic E-state index is -0.852. The van der Waals surface area contributed by atoms with Crippen molar-refractivity contribution in [2.75, 3.05) is 26.3 Å². The molecule has 128 valence electrons. The molecule has 6 nitrogen and oxygen atoms in total. The number of carboxylic acids is 1. The largest absolute Gasteiger partial charge is 0.486 e. The van der Waals surface area contributed by atoms with Crippen molar-refractivity contribution in [2.24, 2.45) is 5.92 Å². The Morgan fingerprint density at radius 3 is 2.88 bits per heavy atom. The van der Waals surface area contributed by atoms with Crippen molar-refractivity contribution < 1.29 is 24.2 Å². The van der Waals surface area contributed by atoms with Crippen LogP contribution in [0.5, 0.6) is 11.5 Å². The van der Waals surface area contributed by atoms with Gasteiger partial charge in [0.25, 0.3) is 0 Å². The molecule has 1 aromatic carbocycles. The predicted molar refractivity (Wildman–Crippen MR) is 88.4 cm³/mol. The number of carbonyl (C=O) groups excluding carboxylic acids is 1. The zero-order valence-electron chi connectivity index (χ0n) is 13.0. The van der Waals surface area contributed by atoms with Gasteiger partial charge in [-0.05, 0) is 36.6 Å². The highest BCUT2D eigenvalue weighted by Gasteiger charge is 2.27. The van der Waals surface area contributed by atoms with Gasteiger partial charge in [-0.25, -0.2) is 0 Å². The predicted octanol–water partition coefficient (Wildman–Crippen LogP) is 2.45. The second kappa shape index (κ2) is 7.13. The Kier molecular flexibility index (Phi) is 4.94. The average Bonchev–Trinajstić information content (AvgIpc) is 2.60. The van der Waals surface area contributed by atoms with Crippen molar-refractivity contribution in [1.82, 2.24) is 4.90 Å². The van der Waals surface area contributed by atoms with Crippen LogP contribution in [0.3, 0.4) is 0 Å². The molecule has 1 saturated heterocycles. The van der Waals surface area contributed by atoms with E-state index in [1.54, 1.807) is 23.1 Å². The zero-order chi connectivity index (χ0) is 17.1. The van der Waals surface area contributed by atoms with E-state index in [1.165, 1.54) is 6.08 Å². The molecule has 7 heteroatoms. The molecule has 0 aromatic heterocycles. The monoisotopic (exact) mass is 351 g/mol. The molecule has 3 rings (SSSR count). The minimum absolute atomic E-state index is 0.202. The third-order valence-corrected chi connectivity index (χ3v) is 4.40. The smallest absolute Gasteiger partial charge is 0.308 e. The normalized spacial score (nSPS) is 20.2. The van der Waals surface area contributed by atoms with E-state index >= 15 is 0 Å². The van der Waals surface area contributed by atoms with Crippen molar-refractivity contribution in [3.8, 4) is 11.5 Å². The molecule has 24 heavy (non-hydrogen) atoms. The van der Waals surface area contributed by atoms with Gasteiger partial charge >= 0.3 is 5.97 Å². The van der Waals surface area contributed by atoms with E-state index in [1.807, 2.05) is 0 Å². The second-order valence-electron chi connectivity index (χ2n) is 5.82. The van der Waals surface area contributed by atoms with Gasteiger partial charge in [0.1, 0.15) is 13.2 Å². The summed E-state index contributed by atoms with van der Waals surface area (Å²) in [6.45, 7) is 1.75. The van der Waals surface area contributed by atoms with Gasteiger partial charge < -0.3 is 19.5 Å². The van der Waals surface area contributed by atoms with Crippen molar-refractivity contribution in [3.05, 3.63) is 28.8 Å². The van der Waals surface area contributed by atoms with Gasteiger partial charge in [-0.2, -0.15) is 0 Å². The first-order chi connectivity index (χ1) is 11.5. The summed E-state index contributed by atoms with van der Waals surface area (Å²) in [5.41, 5.74) is 0.726. The van der Waals surface area contributed by atoms with Crippen LogP contribution >= 0.6 is 11.6 Å². The van der Waals surface area contributed by atoms with E-state index in [0.29, 0.717) is 49.1 Å². The Morgan fingerprint density at radius 1 is 1.29 bits per heavy atom. The van der Waals surface area contributed by atoms with Crippen LogP contribution in [0.1, 0.15) is 18.4 Å². The van der Waals surface area contributed by atoms with Gasteiger partial charge in [0, 0.05) is 19.2 Å². The summed E-state index contributed by atoms with van der Waals surface area (Å²) >= 11 is 6.17. The lowest BCUT2D eigenvalue weighted by Crippen LogP contribution is -2.41. The lowest BCUT2D eigenvalue weighted by molar-refractivity contribution is -0.144. The van der Waals surface area contributed by atoms with Gasteiger partial charge in [0.2, 0.25) is 5.91 Å². The molecule has 2 heterocycles. The van der Waals surface area contributed by atoms with Crippen LogP contribution in [-0.2, 0) is 9.59 Å².